The van der Waals surface area contributed by atoms with Gasteiger partial charge in [-0.05, 0) is 45.2 Å². The van der Waals surface area contributed by atoms with Crippen LogP contribution in [0.1, 0.15) is 51.7 Å². The number of unbranched alkanes of at least 4 members (excludes halogenated alkanes) is 1. The molecule has 30 heavy (non-hydrogen) atoms. The average Bonchev–Trinajstić information content (AvgIpc) is 2.70. The summed E-state index contributed by atoms with van der Waals surface area (Å²) < 4.78 is 11.9. The third-order valence-electron chi connectivity index (χ3n) is 5.94. The first kappa shape index (κ1) is 22.8. The van der Waals surface area contributed by atoms with Gasteiger partial charge in [-0.1, -0.05) is 32.4 Å². The van der Waals surface area contributed by atoms with Crippen LogP contribution in [0.15, 0.2) is 18.2 Å². The zero-order chi connectivity index (χ0) is 21.9. The Morgan fingerprint density at radius 3 is 2.50 bits per heavy atom. The van der Waals surface area contributed by atoms with Gasteiger partial charge in [-0.25, -0.2) is 4.98 Å². The molecule has 0 saturated carbocycles. The lowest BCUT2D eigenvalue weighted by Crippen LogP contribution is -2.51. The largest absolute Gasteiger partial charge is 0.383 e. The molecular formula is C24H38N4O2. The molecule has 2 aromatic rings. The lowest BCUT2D eigenvalue weighted by Gasteiger charge is -2.44. The predicted octanol–water partition coefficient (Wildman–Crippen LogP) is 4.02. The van der Waals surface area contributed by atoms with Crippen LogP contribution < -0.4 is 16.4 Å². The SMILES string of the molecule is CCCCc1ccc2c(N(CCN)CC3(C)COC(C)(C)OC3)c(C)c(N)nc2c1. The minimum atomic E-state index is -0.531. The topological polar surface area (TPSA) is 86.6 Å². The van der Waals surface area contributed by atoms with E-state index in [1.807, 2.05) is 20.8 Å². The Balaban J connectivity index is 1.98. The molecule has 0 atom stereocenters. The van der Waals surface area contributed by atoms with Crippen LogP contribution in [0.4, 0.5) is 11.5 Å². The van der Waals surface area contributed by atoms with Gasteiger partial charge in [0.25, 0.3) is 0 Å². The number of hydrogen-bond donors (Lipinski definition) is 2. The van der Waals surface area contributed by atoms with E-state index in [9.17, 15) is 0 Å². The highest BCUT2D eigenvalue weighted by Gasteiger charge is 2.38. The summed E-state index contributed by atoms with van der Waals surface area (Å²) in [6.45, 7) is 13.7. The third kappa shape index (κ3) is 5.05. The van der Waals surface area contributed by atoms with E-state index in [1.165, 1.54) is 18.4 Å². The van der Waals surface area contributed by atoms with Crippen molar-refractivity contribution in [1.29, 1.82) is 0 Å². The van der Waals surface area contributed by atoms with Crippen molar-refractivity contribution in [3.8, 4) is 0 Å². The summed E-state index contributed by atoms with van der Waals surface area (Å²) in [7, 11) is 0. The van der Waals surface area contributed by atoms with E-state index in [0.717, 1.165) is 41.7 Å². The van der Waals surface area contributed by atoms with Crippen molar-refractivity contribution >= 4 is 22.4 Å². The van der Waals surface area contributed by atoms with Crippen molar-refractivity contribution in [2.24, 2.45) is 11.1 Å². The Hall–Kier alpha value is -1.89. The molecule has 1 aromatic carbocycles. The smallest absolute Gasteiger partial charge is 0.162 e. The Morgan fingerprint density at radius 1 is 1.17 bits per heavy atom. The summed E-state index contributed by atoms with van der Waals surface area (Å²) in [6, 6.07) is 6.59. The highest BCUT2D eigenvalue weighted by molar-refractivity contribution is 5.96. The number of aryl methyl sites for hydroxylation is 1. The van der Waals surface area contributed by atoms with Gasteiger partial charge in [-0.15, -0.1) is 0 Å². The molecule has 4 N–H and O–H groups in total. The summed E-state index contributed by atoms with van der Waals surface area (Å²) in [4.78, 5) is 7.04. The van der Waals surface area contributed by atoms with E-state index < -0.39 is 5.79 Å². The summed E-state index contributed by atoms with van der Waals surface area (Å²) in [6.07, 6.45) is 3.41. The van der Waals surface area contributed by atoms with Crippen LogP contribution in [-0.2, 0) is 15.9 Å². The van der Waals surface area contributed by atoms with Gasteiger partial charge in [-0.2, -0.15) is 0 Å². The van der Waals surface area contributed by atoms with Gasteiger partial charge in [0, 0.05) is 36.0 Å². The number of fused-ring (bicyclic) bond motifs is 1. The molecular weight excluding hydrogens is 376 g/mol. The van der Waals surface area contributed by atoms with Gasteiger partial charge < -0.3 is 25.8 Å². The molecule has 0 spiro atoms. The molecule has 0 bridgehead atoms. The van der Waals surface area contributed by atoms with E-state index in [4.69, 9.17) is 25.9 Å². The standard InChI is InChI=1S/C24H38N4O2/c1-6-7-8-18-9-10-19-20(13-18)27-22(26)17(2)21(19)28(12-11-25)14-24(5)15-29-23(3,4)30-16-24/h9-10,13H,6-8,11-12,14-16,25H2,1-5H3,(H2,26,27). The second-order valence-electron chi connectivity index (χ2n) is 9.42. The van der Waals surface area contributed by atoms with Gasteiger partial charge in [0.15, 0.2) is 5.79 Å². The van der Waals surface area contributed by atoms with Crippen LogP contribution in [0, 0.1) is 12.3 Å². The number of nitrogen functional groups attached to an aromatic ring is 1. The van der Waals surface area contributed by atoms with Gasteiger partial charge >= 0.3 is 0 Å². The molecule has 1 saturated heterocycles. The molecule has 3 rings (SSSR count). The number of nitrogens with zero attached hydrogens (tertiary/aromatic N) is 2. The number of hydrogen-bond acceptors (Lipinski definition) is 6. The molecule has 0 aliphatic carbocycles. The zero-order valence-electron chi connectivity index (χ0n) is 19.3. The molecule has 0 amide bonds. The number of rotatable bonds is 8. The fourth-order valence-corrected chi connectivity index (χ4v) is 4.11. The number of aromatic nitrogens is 1. The monoisotopic (exact) mass is 414 g/mol. The molecule has 1 aliphatic rings. The molecule has 1 aromatic heterocycles. The first-order chi connectivity index (χ1) is 14.2. The molecule has 6 nitrogen and oxygen atoms in total. The zero-order valence-corrected chi connectivity index (χ0v) is 19.3. The van der Waals surface area contributed by atoms with Crippen LogP contribution in [0.5, 0.6) is 0 Å². The normalized spacial score (nSPS) is 17.9. The Kier molecular flexibility index (Phi) is 6.90. The number of ether oxygens (including phenoxy) is 2. The summed E-state index contributed by atoms with van der Waals surface area (Å²) in [5.74, 6) is 0.0474. The molecule has 6 heteroatoms. The highest BCUT2D eigenvalue weighted by Crippen LogP contribution is 2.37. The summed E-state index contributed by atoms with van der Waals surface area (Å²) in [5.41, 5.74) is 16.6. The van der Waals surface area contributed by atoms with Crippen molar-refractivity contribution < 1.29 is 9.47 Å². The van der Waals surface area contributed by atoms with Crippen LogP contribution in [-0.4, -0.2) is 43.6 Å². The minimum Gasteiger partial charge on any atom is -0.383 e. The van der Waals surface area contributed by atoms with E-state index in [-0.39, 0.29) is 5.41 Å². The van der Waals surface area contributed by atoms with Crippen LogP contribution in [0.2, 0.25) is 0 Å². The highest BCUT2D eigenvalue weighted by atomic mass is 16.7. The molecule has 166 valence electrons. The van der Waals surface area contributed by atoms with Crippen LogP contribution in [0.25, 0.3) is 10.9 Å². The molecule has 0 radical (unpaired) electrons. The van der Waals surface area contributed by atoms with E-state index in [2.05, 4.69) is 36.9 Å². The third-order valence-corrected chi connectivity index (χ3v) is 5.94. The Morgan fingerprint density at radius 2 is 1.87 bits per heavy atom. The van der Waals surface area contributed by atoms with Crippen molar-refractivity contribution in [2.45, 2.75) is 59.7 Å². The summed E-state index contributed by atoms with van der Waals surface area (Å²) in [5, 5.41) is 1.12. The van der Waals surface area contributed by atoms with Crippen molar-refractivity contribution in [3.05, 3.63) is 29.3 Å². The van der Waals surface area contributed by atoms with Gasteiger partial charge in [0.05, 0.1) is 24.4 Å². The predicted molar refractivity (Wildman–Crippen MR) is 125 cm³/mol. The van der Waals surface area contributed by atoms with E-state index in [0.29, 0.717) is 25.6 Å². The minimum absolute atomic E-state index is 0.136. The number of pyridine rings is 1. The lowest BCUT2D eigenvalue weighted by atomic mass is 9.90. The maximum Gasteiger partial charge on any atom is 0.162 e. The fraction of sp³-hybridized carbons (Fsp3) is 0.625. The summed E-state index contributed by atoms with van der Waals surface area (Å²) >= 11 is 0. The van der Waals surface area contributed by atoms with Crippen LogP contribution in [0.3, 0.4) is 0 Å². The first-order valence-corrected chi connectivity index (χ1v) is 11.1. The van der Waals surface area contributed by atoms with Crippen molar-refractivity contribution in [1.82, 2.24) is 4.98 Å². The maximum absolute atomic E-state index is 6.35. The fourth-order valence-electron chi connectivity index (χ4n) is 4.11. The number of benzene rings is 1. The van der Waals surface area contributed by atoms with Crippen molar-refractivity contribution in [2.75, 3.05) is 43.5 Å². The first-order valence-electron chi connectivity index (χ1n) is 11.1. The quantitative estimate of drug-likeness (QED) is 0.678. The average molecular weight is 415 g/mol. The molecule has 1 fully saturated rings. The number of anilines is 2. The molecule has 2 heterocycles. The Bertz CT molecular complexity index is 871. The van der Waals surface area contributed by atoms with E-state index >= 15 is 0 Å². The number of nitrogens with two attached hydrogens (primary N) is 2. The molecule has 1 aliphatic heterocycles. The van der Waals surface area contributed by atoms with Gasteiger partial charge in [0.2, 0.25) is 0 Å². The molecule has 0 unspecified atom stereocenters. The maximum atomic E-state index is 6.35. The van der Waals surface area contributed by atoms with Crippen molar-refractivity contribution in [3.63, 3.8) is 0 Å². The van der Waals surface area contributed by atoms with Crippen LogP contribution >= 0.6 is 0 Å². The lowest BCUT2D eigenvalue weighted by molar-refractivity contribution is -0.280. The second kappa shape index (κ2) is 9.08. The Labute approximate surface area is 180 Å². The van der Waals surface area contributed by atoms with Gasteiger partial charge in [-0.3, -0.25) is 0 Å². The van der Waals surface area contributed by atoms with E-state index in [1.54, 1.807) is 0 Å². The second-order valence-corrected chi connectivity index (χ2v) is 9.42. The van der Waals surface area contributed by atoms with Gasteiger partial charge in [0.1, 0.15) is 5.82 Å².